The fourth-order valence-corrected chi connectivity index (χ4v) is 8.01. The van der Waals surface area contributed by atoms with Gasteiger partial charge in [0.05, 0.1) is 18.2 Å². The van der Waals surface area contributed by atoms with E-state index in [1.165, 1.54) is 24.5 Å². The van der Waals surface area contributed by atoms with Crippen molar-refractivity contribution >= 4 is 73.8 Å². The van der Waals surface area contributed by atoms with Gasteiger partial charge in [-0.15, -0.1) is 11.3 Å². The van der Waals surface area contributed by atoms with E-state index < -0.39 is 41.1 Å². The van der Waals surface area contributed by atoms with Crippen LogP contribution in [0.4, 0.5) is 15.8 Å². The Morgan fingerprint density at radius 3 is 2.59 bits per heavy atom. The number of hydrogen-bond donors (Lipinski definition) is 3. The Balaban J connectivity index is 1.48. The smallest absolute Gasteiger partial charge is 0.348 e. The second-order valence-electron chi connectivity index (χ2n) is 12.4. The molecule has 4 aromatic rings. The minimum absolute atomic E-state index is 0.102. The molecular weight excluding hydrogens is 624 g/mol. The predicted octanol–water partition coefficient (Wildman–Crippen LogP) is 7.52. The van der Waals surface area contributed by atoms with Crippen molar-refractivity contribution in [1.29, 1.82) is 0 Å². The summed E-state index contributed by atoms with van der Waals surface area (Å²) in [6.45, 7) is 6.16. The molecule has 0 bridgehead atoms. The van der Waals surface area contributed by atoms with Gasteiger partial charge in [-0.3, -0.25) is 9.59 Å². The zero-order valence-corrected chi connectivity index (χ0v) is 26.7. The summed E-state index contributed by atoms with van der Waals surface area (Å²) in [4.78, 5) is 41.0. The van der Waals surface area contributed by atoms with Crippen LogP contribution in [0.2, 0.25) is 10.0 Å². The molecule has 1 saturated heterocycles. The summed E-state index contributed by atoms with van der Waals surface area (Å²) in [5.74, 6) is -2.87. The van der Waals surface area contributed by atoms with E-state index in [1.54, 1.807) is 48.5 Å². The molecule has 0 radical (unpaired) electrons. The molecule has 2 amide bonds. The van der Waals surface area contributed by atoms with Crippen LogP contribution in [0.5, 0.6) is 0 Å². The van der Waals surface area contributed by atoms with Crippen LogP contribution in [0.15, 0.2) is 60.7 Å². The number of nitrogens with one attached hydrogen (secondary N) is 3. The zero-order valence-electron chi connectivity index (χ0n) is 24.4. The van der Waals surface area contributed by atoms with E-state index in [0.29, 0.717) is 33.3 Å². The lowest BCUT2D eigenvalue weighted by Crippen LogP contribution is -2.49. The number of amides is 2. The van der Waals surface area contributed by atoms with E-state index in [2.05, 4.69) is 36.7 Å². The molecule has 228 valence electrons. The van der Waals surface area contributed by atoms with Crippen molar-refractivity contribution in [1.82, 2.24) is 5.32 Å². The molecular formula is C33H30Cl2FN3O4S. The third-order valence-corrected chi connectivity index (χ3v) is 10.0. The molecule has 1 aromatic heterocycles. The highest BCUT2D eigenvalue weighted by Crippen LogP contribution is 2.57. The maximum Gasteiger partial charge on any atom is 0.348 e. The molecule has 1 unspecified atom stereocenters. The number of rotatable bonds is 5. The van der Waals surface area contributed by atoms with E-state index in [9.17, 15) is 14.4 Å². The van der Waals surface area contributed by atoms with Crippen LogP contribution in [0.3, 0.4) is 0 Å². The highest BCUT2D eigenvalue weighted by atomic mass is 35.5. The molecule has 3 heterocycles. The Kier molecular flexibility index (Phi) is 7.73. The average Bonchev–Trinajstić information content (AvgIpc) is 3.61. The molecule has 6 rings (SSSR count). The van der Waals surface area contributed by atoms with Crippen molar-refractivity contribution in [3.05, 3.63) is 92.5 Å². The Bertz CT molecular complexity index is 1840. The highest BCUT2D eigenvalue weighted by molar-refractivity contribution is 7.20. The molecule has 0 saturated carbocycles. The van der Waals surface area contributed by atoms with E-state index >= 15 is 4.39 Å². The fourth-order valence-electron chi connectivity index (χ4n) is 6.69. The van der Waals surface area contributed by atoms with Crippen LogP contribution < -0.4 is 16.0 Å². The van der Waals surface area contributed by atoms with Crippen LogP contribution in [0.1, 0.15) is 53.9 Å². The van der Waals surface area contributed by atoms with E-state index in [-0.39, 0.29) is 21.9 Å². The minimum Gasteiger partial charge on any atom is -0.465 e. The topological polar surface area (TPSA) is 96.5 Å². The largest absolute Gasteiger partial charge is 0.465 e. The lowest BCUT2D eigenvalue weighted by molar-refractivity contribution is -0.122. The van der Waals surface area contributed by atoms with Gasteiger partial charge in [0.2, 0.25) is 11.8 Å². The Hall–Kier alpha value is -3.50. The summed E-state index contributed by atoms with van der Waals surface area (Å²) in [6.07, 6.45) is 0.502. The highest BCUT2D eigenvalue weighted by Gasteiger charge is 2.66. The van der Waals surface area contributed by atoms with Crippen molar-refractivity contribution < 1.29 is 23.5 Å². The van der Waals surface area contributed by atoms with Gasteiger partial charge in [0.25, 0.3) is 0 Å². The maximum atomic E-state index is 16.0. The van der Waals surface area contributed by atoms with Gasteiger partial charge in [0.1, 0.15) is 16.1 Å². The molecule has 44 heavy (non-hydrogen) atoms. The van der Waals surface area contributed by atoms with Gasteiger partial charge >= 0.3 is 5.97 Å². The van der Waals surface area contributed by atoms with E-state index in [1.807, 2.05) is 6.07 Å². The number of esters is 1. The summed E-state index contributed by atoms with van der Waals surface area (Å²) >= 11 is 13.9. The van der Waals surface area contributed by atoms with Gasteiger partial charge in [0, 0.05) is 33.1 Å². The first-order chi connectivity index (χ1) is 20.8. The number of anilines is 2. The van der Waals surface area contributed by atoms with Crippen LogP contribution in [-0.4, -0.2) is 37.0 Å². The molecule has 7 nitrogen and oxygen atoms in total. The lowest BCUT2D eigenvalue weighted by atomic mass is 9.62. The molecule has 0 aliphatic carbocycles. The first kappa shape index (κ1) is 30.5. The monoisotopic (exact) mass is 653 g/mol. The van der Waals surface area contributed by atoms with Gasteiger partial charge in [0.15, 0.2) is 0 Å². The van der Waals surface area contributed by atoms with Crippen molar-refractivity contribution in [2.24, 2.45) is 5.41 Å². The average molecular weight is 655 g/mol. The quantitative estimate of drug-likeness (QED) is 0.194. The lowest BCUT2D eigenvalue weighted by Gasteiger charge is -2.37. The summed E-state index contributed by atoms with van der Waals surface area (Å²) < 4.78 is 21.7. The van der Waals surface area contributed by atoms with Crippen LogP contribution in [-0.2, 0) is 19.7 Å². The van der Waals surface area contributed by atoms with E-state index in [4.69, 9.17) is 27.9 Å². The Morgan fingerprint density at radius 2 is 1.86 bits per heavy atom. The number of benzene rings is 3. The Morgan fingerprint density at radius 1 is 1.09 bits per heavy atom. The predicted molar refractivity (Wildman–Crippen MR) is 172 cm³/mol. The molecule has 1 fully saturated rings. The summed E-state index contributed by atoms with van der Waals surface area (Å²) in [7, 11) is 1.32. The number of halogens is 3. The second kappa shape index (κ2) is 11.1. The number of carbonyl (C=O) groups excluding carboxylic acids is 3. The normalized spacial score (nSPS) is 22.7. The standard InChI is InChI=1S/C33H30Cl2FN3O4S/c1-32(2,3)15-25-33(20-10-8-17(34)14-22(20)38-31(33)42)26(19-6-5-7-21(35)27(19)36)28(39-25)29(40)37-18-9-11-23-16(12-18)13-24(44-23)30(41)43-4/h5-14,25-26,28,39H,15H2,1-4H3,(H,37,40)(H,38,42)/t25-,26+,28+,33?/m0/s1. The Labute approximate surface area is 268 Å². The SMILES string of the molecule is COC(=O)c1cc2cc(NC(=O)[C@@H]3N[C@@H](CC(C)(C)C)C4(C(=O)Nc5cc(Cl)ccc54)[C@@H]3c3cccc(Cl)c3F)ccc2s1. The molecule has 11 heteroatoms. The van der Waals surface area contributed by atoms with Crippen LogP contribution >= 0.6 is 34.5 Å². The van der Waals surface area contributed by atoms with Crippen molar-refractivity contribution in [3.8, 4) is 0 Å². The van der Waals surface area contributed by atoms with Gasteiger partial charge in [-0.25, -0.2) is 9.18 Å². The number of methoxy groups -OCH3 is 1. The molecule has 2 aliphatic heterocycles. The molecule has 3 N–H and O–H groups in total. The maximum absolute atomic E-state index is 16.0. The van der Waals surface area contributed by atoms with Crippen molar-refractivity contribution in [2.75, 3.05) is 17.7 Å². The van der Waals surface area contributed by atoms with Gasteiger partial charge in [-0.05, 0) is 70.8 Å². The zero-order chi connectivity index (χ0) is 31.6. The second-order valence-corrected chi connectivity index (χ2v) is 14.4. The first-order valence-electron chi connectivity index (χ1n) is 14.1. The third-order valence-electron chi connectivity index (χ3n) is 8.39. The van der Waals surface area contributed by atoms with E-state index in [0.717, 1.165) is 10.1 Å². The molecule has 2 aliphatic rings. The van der Waals surface area contributed by atoms with Crippen LogP contribution in [0, 0.1) is 11.2 Å². The number of ether oxygens (including phenoxy) is 1. The fraction of sp³-hybridized carbons (Fsp3) is 0.303. The summed E-state index contributed by atoms with van der Waals surface area (Å²) in [6, 6.07) is 15.3. The van der Waals surface area contributed by atoms with Crippen molar-refractivity contribution in [2.45, 2.75) is 50.6 Å². The van der Waals surface area contributed by atoms with Gasteiger partial charge in [-0.1, -0.05) is 62.2 Å². The van der Waals surface area contributed by atoms with Crippen molar-refractivity contribution in [3.63, 3.8) is 0 Å². The molecule has 3 aromatic carbocycles. The van der Waals surface area contributed by atoms with Crippen LogP contribution in [0.25, 0.3) is 10.1 Å². The summed E-state index contributed by atoms with van der Waals surface area (Å²) in [5, 5.41) is 10.5. The third kappa shape index (κ3) is 5.05. The number of fused-ring (bicyclic) bond motifs is 3. The molecule has 1 spiro atoms. The van der Waals surface area contributed by atoms with Gasteiger partial charge in [-0.2, -0.15) is 0 Å². The minimum atomic E-state index is -1.35. The number of carbonyl (C=O) groups is 3. The van der Waals surface area contributed by atoms with Gasteiger partial charge < -0.3 is 20.7 Å². The summed E-state index contributed by atoms with van der Waals surface area (Å²) in [5.41, 5.74) is 0.206. The number of hydrogen-bond acceptors (Lipinski definition) is 6. The first-order valence-corrected chi connectivity index (χ1v) is 15.6. The number of thiophene rings is 1. The molecule has 4 atom stereocenters.